The van der Waals surface area contributed by atoms with E-state index in [2.05, 4.69) is 22.4 Å². The molecular weight excluding hydrogens is 278 g/mol. The fourth-order valence-electron chi connectivity index (χ4n) is 1.84. The number of hydrogen-bond acceptors (Lipinski definition) is 5. The number of amides is 1. The molecule has 1 aliphatic rings. The van der Waals surface area contributed by atoms with E-state index in [0.717, 1.165) is 21.3 Å². The molecule has 1 aromatic heterocycles. The third kappa shape index (κ3) is 3.13. The number of nitrogens with one attached hydrogen (secondary N) is 1. The Morgan fingerprint density at radius 2 is 2.16 bits per heavy atom. The second-order valence-corrected chi connectivity index (χ2v) is 6.79. The standard InChI is InChI=1S/C13H13N3OS2/c1-8-6-11(8)12(17)15-9-2-4-10(5-3-9)19-13-16-14-7-18-13/h2-5,7-8,11H,6H2,1H3,(H,15,17)/t8-,11+/m0/s1. The fourth-order valence-corrected chi connectivity index (χ4v) is 3.29. The zero-order valence-electron chi connectivity index (χ0n) is 10.4. The van der Waals surface area contributed by atoms with Gasteiger partial charge in [0.2, 0.25) is 5.91 Å². The monoisotopic (exact) mass is 291 g/mol. The van der Waals surface area contributed by atoms with Gasteiger partial charge in [0.1, 0.15) is 5.51 Å². The summed E-state index contributed by atoms with van der Waals surface area (Å²) in [7, 11) is 0. The molecule has 98 valence electrons. The molecule has 0 spiro atoms. The molecule has 2 aromatic rings. The average molecular weight is 291 g/mol. The van der Waals surface area contributed by atoms with Crippen molar-refractivity contribution in [1.82, 2.24) is 10.2 Å². The Morgan fingerprint density at radius 3 is 2.74 bits per heavy atom. The van der Waals surface area contributed by atoms with Crippen molar-refractivity contribution in [3.63, 3.8) is 0 Å². The lowest BCUT2D eigenvalue weighted by Gasteiger charge is -2.05. The van der Waals surface area contributed by atoms with E-state index in [4.69, 9.17) is 0 Å². The number of carbonyl (C=O) groups excluding carboxylic acids is 1. The van der Waals surface area contributed by atoms with Gasteiger partial charge in [0.25, 0.3) is 0 Å². The highest BCUT2D eigenvalue weighted by atomic mass is 32.2. The first kappa shape index (κ1) is 12.6. The van der Waals surface area contributed by atoms with E-state index < -0.39 is 0 Å². The van der Waals surface area contributed by atoms with E-state index in [1.54, 1.807) is 17.3 Å². The van der Waals surface area contributed by atoms with Crippen molar-refractivity contribution in [2.24, 2.45) is 11.8 Å². The molecule has 1 aliphatic carbocycles. The van der Waals surface area contributed by atoms with Gasteiger partial charge < -0.3 is 5.32 Å². The van der Waals surface area contributed by atoms with E-state index in [9.17, 15) is 4.79 Å². The summed E-state index contributed by atoms with van der Waals surface area (Å²) in [6.07, 6.45) is 1.01. The van der Waals surface area contributed by atoms with Gasteiger partial charge in [-0.2, -0.15) is 0 Å². The first-order chi connectivity index (χ1) is 9.22. The normalized spacial score (nSPS) is 21.1. The molecule has 1 aromatic carbocycles. The van der Waals surface area contributed by atoms with Crippen LogP contribution in [0.3, 0.4) is 0 Å². The van der Waals surface area contributed by atoms with Crippen molar-refractivity contribution >= 4 is 34.7 Å². The lowest BCUT2D eigenvalue weighted by atomic mass is 10.3. The second-order valence-electron chi connectivity index (χ2n) is 4.64. The quantitative estimate of drug-likeness (QED) is 0.939. The molecular formula is C13H13N3OS2. The number of rotatable bonds is 4. The van der Waals surface area contributed by atoms with Crippen LogP contribution in [0.2, 0.25) is 0 Å². The Labute approximate surface area is 119 Å². The van der Waals surface area contributed by atoms with Crippen LogP contribution in [0, 0.1) is 11.8 Å². The predicted octanol–water partition coefficient (Wildman–Crippen LogP) is 3.28. The minimum absolute atomic E-state index is 0.136. The van der Waals surface area contributed by atoms with Gasteiger partial charge in [-0.15, -0.1) is 10.2 Å². The summed E-state index contributed by atoms with van der Waals surface area (Å²) >= 11 is 3.09. The summed E-state index contributed by atoms with van der Waals surface area (Å²) in [6, 6.07) is 7.82. The smallest absolute Gasteiger partial charge is 0.227 e. The molecule has 6 heteroatoms. The van der Waals surface area contributed by atoms with Crippen molar-refractivity contribution in [3.05, 3.63) is 29.8 Å². The van der Waals surface area contributed by atoms with Crippen LogP contribution in [0.5, 0.6) is 0 Å². The number of hydrogen-bond donors (Lipinski definition) is 1. The molecule has 0 unspecified atom stereocenters. The van der Waals surface area contributed by atoms with Gasteiger partial charge >= 0.3 is 0 Å². The van der Waals surface area contributed by atoms with Gasteiger partial charge in [0.05, 0.1) is 0 Å². The largest absolute Gasteiger partial charge is 0.326 e. The highest BCUT2D eigenvalue weighted by Gasteiger charge is 2.38. The van der Waals surface area contributed by atoms with Crippen LogP contribution in [-0.2, 0) is 4.79 Å². The summed E-state index contributed by atoms with van der Waals surface area (Å²) in [5, 5.41) is 10.7. The first-order valence-electron chi connectivity index (χ1n) is 6.07. The minimum Gasteiger partial charge on any atom is -0.326 e. The first-order valence-corrected chi connectivity index (χ1v) is 7.77. The van der Waals surface area contributed by atoms with E-state index in [1.165, 1.54) is 11.3 Å². The summed E-state index contributed by atoms with van der Waals surface area (Å²) in [4.78, 5) is 12.9. The molecule has 4 nitrogen and oxygen atoms in total. The molecule has 1 amide bonds. The third-order valence-electron chi connectivity index (χ3n) is 3.11. The fraction of sp³-hybridized carbons (Fsp3) is 0.308. The zero-order chi connectivity index (χ0) is 13.2. The van der Waals surface area contributed by atoms with Crippen molar-refractivity contribution in [1.29, 1.82) is 0 Å². The highest BCUT2D eigenvalue weighted by Crippen LogP contribution is 2.38. The number of nitrogens with zero attached hydrogens (tertiary/aromatic N) is 2. The Hall–Kier alpha value is -1.40. The summed E-state index contributed by atoms with van der Waals surface area (Å²) in [5.74, 6) is 0.875. The van der Waals surface area contributed by atoms with Crippen molar-refractivity contribution < 1.29 is 4.79 Å². The van der Waals surface area contributed by atoms with E-state index >= 15 is 0 Å². The average Bonchev–Trinajstić information content (AvgIpc) is 2.92. The number of benzene rings is 1. The van der Waals surface area contributed by atoms with E-state index in [1.807, 2.05) is 24.3 Å². The molecule has 2 atom stereocenters. The molecule has 19 heavy (non-hydrogen) atoms. The maximum Gasteiger partial charge on any atom is 0.227 e. The van der Waals surface area contributed by atoms with Crippen molar-refractivity contribution in [2.45, 2.75) is 22.6 Å². The molecule has 1 N–H and O–H groups in total. The second kappa shape index (κ2) is 5.30. The van der Waals surface area contributed by atoms with Crippen molar-refractivity contribution in [2.75, 3.05) is 5.32 Å². The number of aromatic nitrogens is 2. The molecule has 1 fully saturated rings. The number of anilines is 1. The maximum absolute atomic E-state index is 11.8. The SMILES string of the molecule is C[C@H]1C[C@H]1C(=O)Nc1ccc(Sc2nncs2)cc1. The van der Waals surface area contributed by atoms with Gasteiger partial charge in [0, 0.05) is 16.5 Å². The Bertz CT molecular complexity index is 568. The zero-order valence-corrected chi connectivity index (χ0v) is 12.0. The minimum atomic E-state index is 0.136. The molecule has 0 bridgehead atoms. The highest BCUT2D eigenvalue weighted by molar-refractivity contribution is 8.01. The molecule has 0 radical (unpaired) electrons. The van der Waals surface area contributed by atoms with Crippen LogP contribution < -0.4 is 5.32 Å². The van der Waals surface area contributed by atoms with Crippen LogP contribution in [0.4, 0.5) is 5.69 Å². The van der Waals surface area contributed by atoms with Gasteiger partial charge in [0.15, 0.2) is 4.34 Å². The summed E-state index contributed by atoms with van der Waals surface area (Å²) < 4.78 is 0.920. The predicted molar refractivity (Wildman–Crippen MR) is 76.4 cm³/mol. The van der Waals surface area contributed by atoms with Gasteiger partial charge in [-0.25, -0.2) is 0 Å². The van der Waals surface area contributed by atoms with Gasteiger partial charge in [-0.05, 0) is 36.6 Å². The topological polar surface area (TPSA) is 54.9 Å². The van der Waals surface area contributed by atoms with Crippen LogP contribution >= 0.6 is 23.1 Å². The number of carbonyl (C=O) groups is 1. The Kier molecular flexibility index (Phi) is 3.52. The van der Waals surface area contributed by atoms with Crippen LogP contribution in [0.1, 0.15) is 13.3 Å². The Morgan fingerprint density at radius 1 is 1.42 bits per heavy atom. The van der Waals surface area contributed by atoms with E-state index in [0.29, 0.717) is 5.92 Å². The van der Waals surface area contributed by atoms with Crippen LogP contribution in [-0.4, -0.2) is 16.1 Å². The maximum atomic E-state index is 11.8. The summed E-state index contributed by atoms with van der Waals surface area (Å²) in [5.41, 5.74) is 2.57. The van der Waals surface area contributed by atoms with Crippen LogP contribution in [0.15, 0.2) is 39.0 Å². The molecule has 0 saturated heterocycles. The molecule has 3 rings (SSSR count). The van der Waals surface area contributed by atoms with Gasteiger partial charge in [-0.1, -0.05) is 30.0 Å². The molecule has 1 saturated carbocycles. The third-order valence-corrected chi connectivity index (χ3v) is 4.90. The van der Waals surface area contributed by atoms with Crippen molar-refractivity contribution in [3.8, 4) is 0 Å². The van der Waals surface area contributed by atoms with Crippen LogP contribution in [0.25, 0.3) is 0 Å². The van der Waals surface area contributed by atoms with E-state index in [-0.39, 0.29) is 11.8 Å². The lowest BCUT2D eigenvalue weighted by Crippen LogP contribution is -2.14. The molecule has 0 aliphatic heterocycles. The Balaban J connectivity index is 1.61. The summed E-state index contributed by atoms with van der Waals surface area (Å²) in [6.45, 7) is 2.10. The lowest BCUT2D eigenvalue weighted by molar-refractivity contribution is -0.117. The molecule has 1 heterocycles. The van der Waals surface area contributed by atoms with Gasteiger partial charge in [-0.3, -0.25) is 4.79 Å².